The molecule has 2 N–H and O–H groups in total. The van der Waals surface area contributed by atoms with Crippen LogP contribution in [0.25, 0.3) is 0 Å². The normalized spacial score (nSPS) is 12.2. The highest BCUT2D eigenvalue weighted by atomic mass is 35.5. The molecule has 1 aromatic rings. The number of nitrogens with zero attached hydrogens (tertiary/aromatic N) is 1. The number of aromatic nitrogens is 1. The molecule has 1 atom stereocenters. The number of carbonyl (C=O) groups is 2. The van der Waals surface area contributed by atoms with Crippen molar-refractivity contribution >= 4 is 34.8 Å². The Labute approximate surface area is 107 Å². The first-order valence-corrected chi connectivity index (χ1v) is 5.84. The van der Waals surface area contributed by atoms with Crippen LogP contribution in [0.1, 0.15) is 27.1 Å². The number of hydrogen-bond donors (Lipinski definition) is 2. The van der Waals surface area contributed by atoms with E-state index in [1.165, 1.54) is 7.11 Å². The highest BCUT2D eigenvalue weighted by molar-refractivity contribution is 7.17. The summed E-state index contributed by atoms with van der Waals surface area (Å²) in [6, 6.07) is -0.241. The Kier molecular flexibility index (Phi) is 4.86. The number of nitrogens with one attached hydrogen (secondary N) is 1. The number of rotatable bonds is 5. The molecule has 0 saturated carbocycles. The Hall–Kier alpha value is -1.18. The first kappa shape index (κ1) is 13.9. The molecule has 94 valence electrons. The zero-order valence-electron chi connectivity index (χ0n) is 9.19. The summed E-state index contributed by atoms with van der Waals surface area (Å²) in [7, 11) is 1.51. The van der Waals surface area contributed by atoms with Gasteiger partial charge in [-0.3, -0.25) is 4.79 Å². The minimum atomic E-state index is -1.22. The number of ether oxygens (including phenoxy) is 1. The number of carbonyl (C=O) groups excluding carboxylic acids is 1. The topological polar surface area (TPSA) is 88.5 Å². The molecule has 6 nitrogen and oxygen atoms in total. The van der Waals surface area contributed by atoms with Crippen LogP contribution in [0.3, 0.4) is 0 Å². The second-order valence-corrected chi connectivity index (χ2v) is 4.86. The highest BCUT2D eigenvalue weighted by Gasteiger charge is 2.23. The third-order valence-electron chi connectivity index (χ3n) is 1.80. The van der Waals surface area contributed by atoms with E-state index in [2.05, 4.69) is 10.3 Å². The molecule has 1 amide bonds. The Bertz CT molecular complexity index is 435. The average molecular weight is 279 g/mol. The average Bonchev–Trinajstić information content (AvgIpc) is 2.60. The van der Waals surface area contributed by atoms with Gasteiger partial charge in [0.2, 0.25) is 0 Å². The molecule has 1 aromatic heterocycles. The van der Waals surface area contributed by atoms with Gasteiger partial charge in [0.1, 0.15) is 4.88 Å². The zero-order valence-corrected chi connectivity index (χ0v) is 10.8. The smallest absolute Gasteiger partial charge is 0.348 e. The Balaban J connectivity index is 2.85. The van der Waals surface area contributed by atoms with E-state index < -0.39 is 11.9 Å². The molecule has 0 aliphatic rings. The summed E-state index contributed by atoms with van der Waals surface area (Å²) >= 11 is 6.34. The van der Waals surface area contributed by atoms with Crippen molar-refractivity contribution in [1.82, 2.24) is 10.3 Å². The fraction of sp³-hybridized carbons (Fsp3) is 0.444. The molecule has 0 bridgehead atoms. The van der Waals surface area contributed by atoms with Crippen LogP contribution in [0.5, 0.6) is 0 Å². The molecule has 17 heavy (non-hydrogen) atoms. The van der Waals surface area contributed by atoms with Gasteiger partial charge in [0.15, 0.2) is 10.2 Å². The van der Waals surface area contributed by atoms with E-state index in [0.29, 0.717) is 6.61 Å². The molecule has 0 spiro atoms. The predicted octanol–water partition coefficient (Wildman–Crippen LogP) is 1.26. The van der Waals surface area contributed by atoms with Crippen molar-refractivity contribution in [2.45, 2.75) is 13.0 Å². The summed E-state index contributed by atoms with van der Waals surface area (Å²) in [6.07, 6.45) is 0. The van der Waals surface area contributed by atoms with Crippen molar-refractivity contribution in [3.05, 3.63) is 15.0 Å². The number of hydrogen-bond acceptors (Lipinski definition) is 5. The molecular formula is C9H11ClN2O4S. The first-order valence-electron chi connectivity index (χ1n) is 4.65. The van der Waals surface area contributed by atoms with Gasteiger partial charge in [-0.05, 0) is 6.92 Å². The van der Waals surface area contributed by atoms with Gasteiger partial charge in [0.05, 0.1) is 6.61 Å². The lowest BCUT2D eigenvalue weighted by Gasteiger charge is -2.11. The van der Waals surface area contributed by atoms with Gasteiger partial charge >= 0.3 is 5.97 Å². The van der Waals surface area contributed by atoms with Crippen molar-refractivity contribution in [2.75, 3.05) is 13.7 Å². The number of thiazole rings is 1. The Morgan fingerprint density at radius 1 is 1.65 bits per heavy atom. The monoisotopic (exact) mass is 278 g/mol. The van der Waals surface area contributed by atoms with Crippen molar-refractivity contribution in [3.63, 3.8) is 0 Å². The van der Waals surface area contributed by atoms with Gasteiger partial charge in [-0.15, -0.1) is 0 Å². The number of halogens is 1. The second-order valence-electron chi connectivity index (χ2n) is 3.28. The summed E-state index contributed by atoms with van der Waals surface area (Å²) in [6.45, 7) is 2.06. The van der Waals surface area contributed by atoms with Crippen molar-refractivity contribution < 1.29 is 19.4 Å². The molecule has 0 saturated heterocycles. The molecule has 0 radical (unpaired) electrons. The van der Waals surface area contributed by atoms with E-state index in [0.717, 1.165) is 11.3 Å². The fourth-order valence-electron chi connectivity index (χ4n) is 1.18. The summed E-state index contributed by atoms with van der Waals surface area (Å²) in [4.78, 5) is 26.1. The summed E-state index contributed by atoms with van der Waals surface area (Å²) in [5.74, 6) is -1.80. The van der Waals surface area contributed by atoms with E-state index >= 15 is 0 Å². The van der Waals surface area contributed by atoms with Crippen LogP contribution in [0, 0.1) is 0 Å². The van der Waals surface area contributed by atoms with Crippen LogP contribution in [-0.2, 0) is 4.74 Å². The van der Waals surface area contributed by atoms with E-state index in [4.69, 9.17) is 21.4 Å². The molecule has 1 heterocycles. The van der Waals surface area contributed by atoms with Crippen LogP contribution in [0.15, 0.2) is 0 Å². The SMILES string of the molecule is COC[C@H](C)NC(=O)c1nc(Cl)sc1C(=O)O. The van der Waals surface area contributed by atoms with Crippen molar-refractivity contribution in [2.24, 2.45) is 0 Å². The highest BCUT2D eigenvalue weighted by Crippen LogP contribution is 2.22. The van der Waals surface area contributed by atoms with Crippen LogP contribution >= 0.6 is 22.9 Å². The number of methoxy groups -OCH3 is 1. The third kappa shape index (κ3) is 3.65. The van der Waals surface area contributed by atoms with Crippen molar-refractivity contribution in [3.8, 4) is 0 Å². The van der Waals surface area contributed by atoms with Crippen LogP contribution < -0.4 is 5.32 Å². The zero-order chi connectivity index (χ0) is 13.0. The van der Waals surface area contributed by atoms with E-state index in [1.807, 2.05) is 0 Å². The largest absolute Gasteiger partial charge is 0.477 e. The molecule has 0 unspecified atom stereocenters. The minimum Gasteiger partial charge on any atom is -0.477 e. The van der Waals surface area contributed by atoms with Gasteiger partial charge < -0.3 is 15.2 Å². The van der Waals surface area contributed by atoms with Gasteiger partial charge in [0.25, 0.3) is 5.91 Å². The van der Waals surface area contributed by atoms with Gasteiger partial charge in [-0.25, -0.2) is 9.78 Å². The Morgan fingerprint density at radius 2 is 2.29 bits per heavy atom. The maximum atomic E-state index is 11.7. The van der Waals surface area contributed by atoms with Crippen molar-refractivity contribution in [1.29, 1.82) is 0 Å². The summed E-state index contributed by atoms with van der Waals surface area (Å²) in [5.41, 5.74) is -0.171. The van der Waals surface area contributed by atoms with Crippen LogP contribution in [-0.4, -0.2) is 41.7 Å². The Morgan fingerprint density at radius 3 is 2.82 bits per heavy atom. The minimum absolute atomic E-state index is 0.0203. The summed E-state index contributed by atoms with van der Waals surface area (Å²) in [5, 5.41) is 11.4. The fourth-order valence-corrected chi connectivity index (χ4v) is 2.12. The summed E-state index contributed by atoms with van der Waals surface area (Å²) < 4.78 is 4.87. The van der Waals surface area contributed by atoms with E-state index in [-0.39, 0.29) is 21.1 Å². The van der Waals surface area contributed by atoms with Crippen LogP contribution in [0.4, 0.5) is 0 Å². The second kappa shape index (κ2) is 5.95. The number of carboxylic acids is 1. The van der Waals surface area contributed by atoms with Crippen LogP contribution in [0.2, 0.25) is 4.47 Å². The van der Waals surface area contributed by atoms with E-state index in [9.17, 15) is 9.59 Å². The van der Waals surface area contributed by atoms with Gasteiger partial charge in [0, 0.05) is 13.2 Å². The first-order chi connectivity index (χ1) is 7.95. The third-order valence-corrected chi connectivity index (χ3v) is 2.95. The number of aromatic carboxylic acids is 1. The molecule has 0 aliphatic heterocycles. The van der Waals surface area contributed by atoms with Gasteiger partial charge in [-0.2, -0.15) is 0 Å². The lowest BCUT2D eigenvalue weighted by atomic mass is 10.3. The quantitative estimate of drug-likeness (QED) is 0.846. The molecular weight excluding hydrogens is 268 g/mol. The lowest BCUT2D eigenvalue weighted by Crippen LogP contribution is -2.36. The lowest BCUT2D eigenvalue weighted by molar-refractivity contribution is 0.0694. The number of carboxylic acid groups (broad SMARTS) is 1. The van der Waals surface area contributed by atoms with E-state index in [1.54, 1.807) is 6.92 Å². The van der Waals surface area contributed by atoms with Gasteiger partial charge in [-0.1, -0.05) is 22.9 Å². The predicted molar refractivity (Wildman–Crippen MR) is 62.9 cm³/mol. The molecule has 0 aliphatic carbocycles. The molecule has 8 heteroatoms. The molecule has 0 aromatic carbocycles. The molecule has 1 rings (SSSR count). The maximum absolute atomic E-state index is 11.7. The maximum Gasteiger partial charge on any atom is 0.348 e. The molecule has 0 fully saturated rings. The number of amides is 1. The standard InChI is InChI=1S/C9H11ClN2O4S/c1-4(3-16-2)11-7(13)5-6(8(14)15)17-9(10)12-5/h4H,3H2,1-2H3,(H,11,13)(H,14,15)/t4-/m0/s1.